The van der Waals surface area contributed by atoms with E-state index in [1.807, 2.05) is 26.0 Å². The molecule has 1 aliphatic carbocycles. The fourth-order valence-corrected chi connectivity index (χ4v) is 11.0. The van der Waals surface area contributed by atoms with Crippen molar-refractivity contribution < 1.29 is 90.4 Å². The van der Waals surface area contributed by atoms with Crippen molar-refractivity contribution in [2.24, 2.45) is 16.2 Å². The Hall–Kier alpha value is -4.10. The minimum Gasteiger partial charge on any atom is -0.481 e. The van der Waals surface area contributed by atoms with Crippen LogP contribution < -0.4 is 16.4 Å². The summed E-state index contributed by atoms with van der Waals surface area (Å²) in [5, 5.41) is 36.1. The van der Waals surface area contributed by atoms with E-state index in [0.717, 1.165) is 68.6 Å². The van der Waals surface area contributed by atoms with Crippen LogP contribution in [0.3, 0.4) is 0 Å². The Bertz CT molecular complexity index is 2540. The molecule has 2 aliphatic rings. The van der Waals surface area contributed by atoms with Crippen molar-refractivity contribution >= 4 is 64.0 Å². The second-order valence-electron chi connectivity index (χ2n) is 19.4. The van der Waals surface area contributed by atoms with Gasteiger partial charge in [-0.25, -0.2) is 28.6 Å². The Balaban J connectivity index is 0.979. The average molecular weight is 1080 g/mol. The first-order chi connectivity index (χ1) is 33.6. The maximum Gasteiger partial charge on any atom is 0.481 e. The molecule has 26 nitrogen and oxygen atoms in total. The molecular weight excluding hydrogens is 1010 g/mol. The molecule has 7 unspecified atom stereocenters. The first-order valence-corrected chi connectivity index (χ1v) is 27.8. The number of aromatic nitrogens is 4. The number of carbonyl (C=O) groups excluding carboxylic acids is 3. The van der Waals surface area contributed by atoms with E-state index in [1.165, 1.54) is 25.0 Å². The van der Waals surface area contributed by atoms with Crippen LogP contribution in [-0.4, -0.2) is 129 Å². The number of anilines is 1. The zero-order chi connectivity index (χ0) is 53.3. The number of fused-ring (bicyclic) bond motifs is 1. The van der Waals surface area contributed by atoms with Crippen LogP contribution in [0.25, 0.3) is 11.2 Å². The number of nitrogens with one attached hydrogen (secondary N) is 2. The molecular formula is C43H66N7O19P3. The second-order valence-corrected chi connectivity index (χ2v) is 23.6. The number of rotatable bonds is 31. The Labute approximate surface area is 415 Å². The first kappa shape index (κ1) is 58.8. The molecule has 2 aromatic heterocycles. The fraction of sp³-hybridized carbons (Fsp3) is 0.651. The number of benzene rings is 1. The number of carboxylic acid groups (broad SMARTS) is 1. The molecule has 1 saturated heterocycles. The number of hydrogen-bond donors (Lipinski definition) is 10. The molecule has 1 saturated carbocycles. The largest absolute Gasteiger partial charge is 0.481 e. The summed E-state index contributed by atoms with van der Waals surface area (Å²) in [6.45, 7) is 4.03. The molecule has 0 bridgehead atoms. The van der Waals surface area contributed by atoms with Gasteiger partial charge >= 0.3 is 29.4 Å². The smallest absolute Gasteiger partial charge is 0.481 e. The molecule has 2 amide bonds. The van der Waals surface area contributed by atoms with Gasteiger partial charge in [0.15, 0.2) is 17.7 Å². The van der Waals surface area contributed by atoms with Gasteiger partial charge in [-0.15, -0.1) is 0 Å². The van der Waals surface area contributed by atoms with Crippen molar-refractivity contribution in [3.63, 3.8) is 0 Å². The van der Waals surface area contributed by atoms with E-state index in [9.17, 15) is 67.8 Å². The quantitative estimate of drug-likeness (QED) is 0.0326. The number of ketones is 1. The summed E-state index contributed by atoms with van der Waals surface area (Å²) in [5.74, 6) is -2.23. The summed E-state index contributed by atoms with van der Waals surface area (Å²) in [7, 11) is -16.5. The van der Waals surface area contributed by atoms with Gasteiger partial charge < -0.3 is 56.0 Å². The monoisotopic (exact) mass is 1080 g/mol. The fourth-order valence-electron chi connectivity index (χ4n) is 8.16. The summed E-state index contributed by atoms with van der Waals surface area (Å²) < 4.78 is 62.6. The van der Waals surface area contributed by atoms with Crippen molar-refractivity contribution in [3.8, 4) is 0 Å². The number of ether oxygens (including phenoxy) is 1. The van der Waals surface area contributed by atoms with E-state index in [4.69, 9.17) is 19.5 Å². The highest BCUT2D eigenvalue weighted by atomic mass is 31.3. The van der Waals surface area contributed by atoms with Gasteiger partial charge in [-0.05, 0) is 62.5 Å². The number of phosphoric ester groups is 3. The summed E-state index contributed by atoms with van der Waals surface area (Å²) >= 11 is 0. The van der Waals surface area contributed by atoms with Crippen LogP contribution in [0.5, 0.6) is 0 Å². The highest BCUT2D eigenvalue weighted by Gasteiger charge is 2.51. The number of aliphatic hydroxyl groups excluding tert-OH is 2. The zero-order valence-corrected chi connectivity index (χ0v) is 43.1. The molecule has 1 aromatic carbocycles. The molecule has 0 radical (unpaired) electrons. The third kappa shape index (κ3) is 16.7. The highest BCUT2D eigenvalue weighted by Crippen LogP contribution is 2.61. The third-order valence-electron chi connectivity index (χ3n) is 12.8. The SMILES string of the molecule is CC(C)(CCCCc1ccccc1CCCCC1(C(=O)O)CC1)C(=O)CCNC(=O)CCNC(=O)C(O)C(C)(C)COP(=O)(O)OP(=O)(O)OCC1OC(n2cnc3c(N)ncnc32)C(O)C1OP(=O)(O)O. The van der Waals surface area contributed by atoms with E-state index in [1.54, 1.807) is 0 Å². The van der Waals surface area contributed by atoms with Crippen LogP contribution in [0.4, 0.5) is 5.82 Å². The predicted octanol–water partition coefficient (Wildman–Crippen LogP) is 3.38. The molecule has 29 heteroatoms. The van der Waals surface area contributed by atoms with E-state index in [-0.39, 0.29) is 48.7 Å². The predicted molar refractivity (Wildman–Crippen MR) is 254 cm³/mol. The minimum atomic E-state index is -5.60. The number of imidazole rings is 1. The normalized spacial score (nSPS) is 21.1. The summed E-state index contributed by atoms with van der Waals surface area (Å²) in [4.78, 5) is 101. The summed E-state index contributed by atoms with van der Waals surface area (Å²) in [6.07, 6.45) is 1.20. The van der Waals surface area contributed by atoms with Crippen LogP contribution in [0.15, 0.2) is 36.9 Å². The van der Waals surface area contributed by atoms with E-state index < -0.39 is 101 Å². The Morgan fingerprint density at radius 2 is 1.53 bits per heavy atom. The highest BCUT2D eigenvalue weighted by molar-refractivity contribution is 7.61. The average Bonchev–Trinajstić information content (AvgIpc) is 3.88. The first-order valence-electron chi connectivity index (χ1n) is 23.3. The molecule has 402 valence electrons. The van der Waals surface area contributed by atoms with Gasteiger partial charge in [-0.2, -0.15) is 4.31 Å². The maximum atomic E-state index is 13.1. The zero-order valence-electron chi connectivity index (χ0n) is 40.4. The molecule has 3 heterocycles. The number of amides is 2. The van der Waals surface area contributed by atoms with E-state index in [0.29, 0.717) is 12.8 Å². The topological polar surface area (TPSA) is 401 Å². The number of nitrogen functional groups attached to an aromatic ring is 1. The lowest BCUT2D eigenvalue weighted by Crippen LogP contribution is -2.46. The van der Waals surface area contributed by atoms with Crippen molar-refractivity contribution in [1.29, 1.82) is 0 Å². The molecule has 2 fully saturated rings. The molecule has 0 spiro atoms. The lowest BCUT2D eigenvalue weighted by Gasteiger charge is -2.30. The number of aliphatic carboxylic acids is 1. The van der Waals surface area contributed by atoms with Crippen LogP contribution >= 0.6 is 23.5 Å². The van der Waals surface area contributed by atoms with Crippen molar-refractivity contribution in [2.75, 3.05) is 32.0 Å². The third-order valence-corrected chi connectivity index (χ3v) is 15.9. The van der Waals surface area contributed by atoms with Crippen molar-refractivity contribution in [3.05, 3.63) is 48.0 Å². The van der Waals surface area contributed by atoms with Gasteiger partial charge in [0.25, 0.3) is 0 Å². The van der Waals surface area contributed by atoms with E-state index in [2.05, 4.69) is 46.6 Å². The number of Topliss-reactive ketones (excluding diaryl/α,β-unsaturated/α-hetero) is 1. The maximum absolute atomic E-state index is 13.1. The van der Waals surface area contributed by atoms with Gasteiger partial charge in [0.1, 0.15) is 42.0 Å². The van der Waals surface area contributed by atoms with Crippen LogP contribution in [-0.2, 0) is 68.3 Å². The molecule has 1 aliphatic heterocycles. The Kier molecular flexibility index (Phi) is 20.0. The van der Waals surface area contributed by atoms with Gasteiger partial charge in [0.2, 0.25) is 11.8 Å². The van der Waals surface area contributed by atoms with Gasteiger partial charge in [-0.1, -0.05) is 64.8 Å². The lowest BCUT2D eigenvalue weighted by molar-refractivity contribution is -0.143. The second kappa shape index (κ2) is 24.5. The number of aryl methyl sites for hydroxylation is 2. The molecule has 3 aromatic rings. The van der Waals surface area contributed by atoms with Gasteiger partial charge in [0, 0.05) is 36.8 Å². The van der Waals surface area contributed by atoms with E-state index >= 15 is 0 Å². The summed E-state index contributed by atoms with van der Waals surface area (Å²) in [6, 6.07) is 8.25. The number of nitrogens with two attached hydrogens (primary N) is 1. The van der Waals surface area contributed by atoms with Crippen LogP contribution in [0, 0.1) is 16.2 Å². The Morgan fingerprint density at radius 3 is 2.15 bits per heavy atom. The number of phosphoric acid groups is 3. The number of carboxylic acids is 1. The lowest BCUT2D eigenvalue weighted by atomic mass is 9.81. The van der Waals surface area contributed by atoms with Crippen molar-refractivity contribution in [1.82, 2.24) is 30.2 Å². The van der Waals surface area contributed by atoms with Crippen LogP contribution in [0.1, 0.15) is 109 Å². The van der Waals surface area contributed by atoms with Gasteiger partial charge in [0.05, 0.1) is 25.0 Å². The minimum absolute atomic E-state index is 0.0210. The molecule has 5 rings (SSSR count). The summed E-state index contributed by atoms with van der Waals surface area (Å²) in [5.41, 5.74) is 5.63. The Morgan fingerprint density at radius 1 is 0.903 bits per heavy atom. The standard InChI is InChI=1S/C43H66N7O19P3/c1-41(2,17-9-7-13-27-11-5-6-12-28(27)14-8-10-18-43(19-20-43)40(56)57)30(51)15-21-45-31(52)16-22-46-38(55)35(54)42(3,4)24-66-72(63,64)69-71(61,62)65-23-29-34(68-70(58,59)60)33(53)39(67-29)50-26-49-32-36(44)47-25-48-37(32)50/h5-6,11-12,25-26,29,33-35,39,53-54H,7-10,13-24H2,1-4H3,(H,45,52)(H,46,55)(H,56,57)(H,61,62)(H,63,64)(H2,44,47,48)(H2,58,59,60). The van der Waals surface area contributed by atoms with Crippen molar-refractivity contribution in [2.45, 2.75) is 135 Å². The number of hydrogen-bond acceptors (Lipinski definition) is 18. The molecule has 72 heavy (non-hydrogen) atoms. The number of aliphatic hydroxyl groups is 2. The van der Waals surface area contributed by atoms with Crippen LogP contribution in [0.2, 0.25) is 0 Å². The van der Waals surface area contributed by atoms with Gasteiger partial charge in [-0.3, -0.25) is 37.3 Å². The molecule has 7 atom stereocenters. The number of carbonyl (C=O) groups is 4. The molecule has 11 N–H and O–H groups in total. The number of unbranched alkanes of at least 4 members (excludes halogenated alkanes) is 2. The number of nitrogens with zero attached hydrogens (tertiary/aromatic N) is 4.